The molecule has 7 nitrogen and oxygen atoms in total. The molecule has 1 atom stereocenters. The molecule has 2 aliphatic rings. The average Bonchev–Trinajstić information content (AvgIpc) is 2.82. The van der Waals surface area contributed by atoms with Gasteiger partial charge in [0.2, 0.25) is 0 Å². The summed E-state index contributed by atoms with van der Waals surface area (Å²) in [5, 5.41) is 7.97. The highest BCUT2D eigenvalue weighted by Crippen LogP contribution is 2.29. The van der Waals surface area contributed by atoms with Crippen molar-refractivity contribution >= 4 is 35.1 Å². The van der Waals surface area contributed by atoms with Crippen LogP contribution in [-0.4, -0.2) is 54.0 Å². The highest BCUT2D eigenvalue weighted by Gasteiger charge is 2.25. The Morgan fingerprint density at radius 2 is 2.03 bits per heavy atom. The Kier molecular flexibility index (Phi) is 7.76. The lowest BCUT2D eigenvalue weighted by Crippen LogP contribution is -2.37. The van der Waals surface area contributed by atoms with Gasteiger partial charge in [0.1, 0.15) is 5.02 Å². The number of hydrogen-bond acceptors (Lipinski definition) is 7. The number of benzene rings is 1. The fourth-order valence-electron chi connectivity index (χ4n) is 4.08. The maximum absolute atomic E-state index is 12.9. The molecule has 3 heterocycles. The van der Waals surface area contributed by atoms with Gasteiger partial charge in [0, 0.05) is 51.1 Å². The monoisotopic (exact) mass is 463 g/mol. The lowest BCUT2D eigenvalue weighted by Gasteiger charge is -2.33. The van der Waals surface area contributed by atoms with E-state index < -0.39 is 0 Å². The molecule has 0 aliphatic carbocycles. The minimum absolute atomic E-state index is 0.0738. The van der Waals surface area contributed by atoms with Crippen LogP contribution in [0, 0.1) is 5.92 Å². The van der Waals surface area contributed by atoms with Crippen LogP contribution in [0.25, 0.3) is 0 Å². The zero-order valence-corrected chi connectivity index (χ0v) is 19.4. The SMILES string of the molecule is CN(SN1CCC(n2ncc(NC[C@H]3CCCOC3)c(Cl)c2=O)CC1)c1ccccc1. The molecule has 1 N–H and O–H groups in total. The molecule has 2 fully saturated rings. The van der Waals surface area contributed by atoms with Gasteiger partial charge in [-0.1, -0.05) is 29.8 Å². The molecule has 1 aromatic carbocycles. The Hall–Kier alpha value is -1.74. The van der Waals surface area contributed by atoms with Crippen LogP contribution in [0.3, 0.4) is 0 Å². The molecule has 0 radical (unpaired) electrons. The largest absolute Gasteiger partial charge is 0.382 e. The summed E-state index contributed by atoms with van der Waals surface area (Å²) < 4.78 is 11.6. The van der Waals surface area contributed by atoms with Crippen LogP contribution >= 0.6 is 23.7 Å². The maximum Gasteiger partial charge on any atom is 0.287 e. The third kappa shape index (κ3) is 5.74. The van der Waals surface area contributed by atoms with Crippen LogP contribution in [0.1, 0.15) is 31.7 Å². The molecular weight excluding hydrogens is 434 g/mol. The highest BCUT2D eigenvalue weighted by atomic mass is 35.5. The Morgan fingerprint density at radius 3 is 2.74 bits per heavy atom. The van der Waals surface area contributed by atoms with Gasteiger partial charge in [-0.05, 0) is 43.7 Å². The number of piperidine rings is 1. The van der Waals surface area contributed by atoms with E-state index in [1.54, 1.807) is 23.0 Å². The van der Waals surface area contributed by atoms with E-state index in [0.29, 0.717) is 11.6 Å². The summed E-state index contributed by atoms with van der Waals surface area (Å²) in [5.41, 5.74) is 1.58. The Balaban J connectivity index is 1.32. The van der Waals surface area contributed by atoms with E-state index >= 15 is 0 Å². The molecule has 2 aliphatic heterocycles. The van der Waals surface area contributed by atoms with Crippen molar-refractivity contribution in [3.63, 3.8) is 0 Å². The van der Waals surface area contributed by atoms with E-state index in [2.05, 4.69) is 38.2 Å². The second-order valence-corrected chi connectivity index (χ2v) is 9.77. The summed E-state index contributed by atoms with van der Waals surface area (Å²) in [6.45, 7) is 4.12. The number of aromatic nitrogens is 2. The standard InChI is InChI=1S/C22H30ClN5O2S/c1-26(18-7-3-2-4-8-18)31-27-11-9-19(10-12-27)28-22(29)21(23)20(15-25-28)24-14-17-6-5-13-30-16-17/h2-4,7-8,15,17,19,24H,5-6,9-14,16H2,1H3/t17-/m1/s1. The number of halogens is 1. The van der Waals surface area contributed by atoms with Gasteiger partial charge in [0.05, 0.1) is 24.5 Å². The van der Waals surface area contributed by atoms with E-state index in [-0.39, 0.29) is 16.6 Å². The van der Waals surface area contributed by atoms with Crippen molar-refractivity contribution in [3.05, 3.63) is 51.9 Å². The molecule has 0 saturated carbocycles. The molecule has 4 rings (SSSR count). The first-order valence-electron chi connectivity index (χ1n) is 10.9. The van der Waals surface area contributed by atoms with E-state index in [4.69, 9.17) is 16.3 Å². The number of nitrogens with zero attached hydrogens (tertiary/aromatic N) is 4. The van der Waals surface area contributed by atoms with Crippen molar-refractivity contribution in [1.82, 2.24) is 14.1 Å². The van der Waals surface area contributed by atoms with Gasteiger partial charge in [-0.2, -0.15) is 5.10 Å². The summed E-state index contributed by atoms with van der Waals surface area (Å²) >= 11 is 8.13. The minimum atomic E-state index is -0.209. The molecule has 2 aromatic rings. The number of hydrogen-bond donors (Lipinski definition) is 1. The normalized spacial score (nSPS) is 20.5. The summed E-state index contributed by atoms with van der Waals surface area (Å²) in [6, 6.07) is 10.4. The topological polar surface area (TPSA) is 62.6 Å². The van der Waals surface area contributed by atoms with Crippen molar-refractivity contribution in [2.75, 3.05) is 49.5 Å². The van der Waals surface area contributed by atoms with E-state index in [0.717, 1.165) is 58.5 Å². The van der Waals surface area contributed by atoms with Crippen molar-refractivity contribution in [3.8, 4) is 0 Å². The number of anilines is 2. The van der Waals surface area contributed by atoms with Crippen LogP contribution in [0.15, 0.2) is 41.3 Å². The Bertz CT molecular complexity index is 899. The summed E-state index contributed by atoms with van der Waals surface area (Å²) in [7, 11) is 2.07. The third-order valence-corrected chi connectivity index (χ3v) is 7.32. The van der Waals surface area contributed by atoms with Gasteiger partial charge >= 0.3 is 0 Å². The second-order valence-electron chi connectivity index (χ2n) is 8.16. The van der Waals surface area contributed by atoms with Crippen molar-refractivity contribution in [2.45, 2.75) is 31.7 Å². The quantitative estimate of drug-likeness (QED) is 0.621. The number of nitrogens with one attached hydrogen (secondary N) is 1. The van der Waals surface area contributed by atoms with Gasteiger partial charge in [0.15, 0.2) is 0 Å². The molecule has 2 saturated heterocycles. The Morgan fingerprint density at radius 1 is 1.26 bits per heavy atom. The second kappa shape index (κ2) is 10.7. The van der Waals surface area contributed by atoms with Gasteiger partial charge in [-0.25, -0.2) is 8.99 Å². The van der Waals surface area contributed by atoms with Crippen LogP contribution in [0.2, 0.25) is 5.02 Å². The van der Waals surface area contributed by atoms with E-state index in [9.17, 15) is 4.79 Å². The zero-order chi connectivity index (χ0) is 21.6. The maximum atomic E-state index is 12.9. The first-order chi connectivity index (χ1) is 15.1. The zero-order valence-electron chi connectivity index (χ0n) is 17.9. The molecule has 168 valence electrons. The lowest BCUT2D eigenvalue weighted by atomic mass is 10.0. The van der Waals surface area contributed by atoms with Crippen LogP contribution in [0.5, 0.6) is 0 Å². The fraction of sp³-hybridized carbons (Fsp3) is 0.545. The third-order valence-electron chi connectivity index (χ3n) is 5.91. The fourth-order valence-corrected chi connectivity index (χ4v) is 5.22. The number of rotatable bonds is 7. The lowest BCUT2D eigenvalue weighted by molar-refractivity contribution is 0.0595. The summed E-state index contributed by atoms with van der Waals surface area (Å²) in [6.07, 6.45) is 5.64. The molecule has 0 unspecified atom stereocenters. The van der Waals surface area contributed by atoms with E-state index in [1.807, 2.05) is 18.2 Å². The van der Waals surface area contributed by atoms with E-state index in [1.165, 1.54) is 5.69 Å². The molecule has 31 heavy (non-hydrogen) atoms. The number of ether oxygens (including phenoxy) is 1. The molecule has 1 aromatic heterocycles. The van der Waals surface area contributed by atoms with Crippen molar-refractivity contribution in [1.29, 1.82) is 0 Å². The molecule has 0 amide bonds. The van der Waals surface area contributed by atoms with Crippen LogP contribution in [-0.2, 0) is 4.74 Å². The Labute approximate surface area is 193 Å². The first-order valence-corrected chi connectivity index (χ1v) is 12.0. The average molecular weight is 464 g/mol. The summed E-state index contributed by atoms with van der Waals surface area (Å²) in [4.78, 5) is 12.9. The van der Waals surface area contributed by atoms with Crippen molar-refractivity contribution in [2.24, 2.45) is 5.92 Å². The predicted molar refractivity (Wildman–Crippen MR) is 128 cm³/mol. The minimum Gasteiger partial charge on any atom is -0.382 e. The molecular formula is C22H30ClN5O2S. The number of para-hydroxylation sites is 1. The highest BCUT2D eigenvalue weighted by molar-refractivity contribution is 7.98. The van der Waals surface area contributed by atoms with Crippen molar-refractivity contribution < 1.29 is 4.74 Å². The van der Waals surface area contributed by atoms with Gasteiger partial charge in [-0.3, -0.25) is 4.79 Å². The van der Waals surface area contributed by atoms with Gasteiger partial charge in [0.25, 0.3) is 5.56 Å². The van der Waals surface area contributed by atoms with Crippen LogP contribution in [0.4, 0.5) is 11.4 Å². The molecule has 0 spiro atoms. The summed E-state index contributed by atoms with van der Waals surface area (Å²) in [5.74, 6) is 0.447. The molecule has 9 heteroatoms. The first kappa shape index (κ1) is 22.5. The molecule has 0 bridgehead atoms. The van der Waals surface area contributed by atoms with Crippen LogP contribution < -0.4 is 15.2 Å². The smallest absolute Gasteiger partial charge is 0.287 e. The van der Waals surface area contributed by atoms with Gasteiger partial charge < -0.3 is 14.4 Å². The predicted octanol–water partition coefficient (Wildman–Crippen LogP) is 4.07. The van der Waals surface area contributed by atoms with Gasteiger partial charge in [-0.15, -0.1) is 0 Å².